The Bertz CT molecular complexity index is 393. The summed E-state index contributed by atoms with van der Waals surface area (Å²) in [5.74, 6) is -0.429. The number of halogens is 4. The van der Waals surface area contributed by atoms with Crippen LogP contribution in [0.3, 0.4) is 0 Å². The van der Waals surface area contributed by atoms with Crippen LogP contribution in [-0.2, 0) is 4.74 Å². The molecular weight excluding hydrogens is 254 g/mol. The van der Waals surface area contributed by atoms with E-state index >= 15 is 0 Å². The molecule has 0 aliphatic carbocycles. The van der Waals surface area contributed by atoms with E-state index in [1.807, 2.05) is 0 Å². The Kier molecular flexibility index (Phi) is 4.92. The summed E-state index contributed by atoms with van der Waals surface area (Å²) in [6.07, 6.45) is -4.70. The van der Waals surface area contributed by atoms with Crippen LogP contribution in [0.1, 0.15) is 18.5 Å². The fourth-order valence-corrected chi connectivity index (χ4v) is 1.32. The summed E-state index contributed by atoms with van der Waals surface area (Å²) in [6, 6.07) is 3.30. The van der Waals surface area contributed by atoms with Gasteiger partial charge in [0.25, 0.3) is 0 Å². The normalized spacial score (nSPS) is 13.4. The molecule has 0 aliphatic heterocycles. The summed E-state index contributed by atoms with van der Waals surface area (Å²) in [5, 5.41) is 0. The van der Waals surface area contributed by atoms with Crippen LogP contribution in [0.2, 0.25) is 0 Å². The molecule has 1 rings (SSSR count). The van der Waals surface area contributed by atoms with Gasteiger partial charge in [0, 0.05) is 17.7 Å². The molecule has 0 spiro atoms. The lowest BCUT2D eigenvalue weighted by atomic mass is 10.1. The Labute approximate surface area is 101 Å². The van der Waals surface area contributed by atoms with E-state index in [0.29, 0.717) is 5.56 Å². The Morgan fingerprint density at radius 2 is 1.94 bits per heavy atom. The smallest absolute Gasteiger partial charge is 0.491 e. The molecular formula is C11H13F4NO2. The van der Waals surface area contributed by atoms with Gasteiger partial charge in [0.1, 0.15) is 18.2 Å². The van der Waals surface area contributed by atoms with Gasteiger partial charge < -0.3 is 10.5 Å². The monoisotopic (exact) mass is 267 g/mol. The van der Waals surface area contributed by atoms with Gasteiger partial charge in [-0.05, 0) is 13.0 Å². The highest BCUT2D eigenvalue weighted by atomic mass is 19.4. The first-order valence-corrected chi connectivity index (χ1v) is 5.18. The predicted molar refractivity (Wildman–Crippen MR) is 56.5 cm³/mol. The average Bonchev–Trinajstić information content (AvgIpc) is 2.22. The van der Waals surface area contributed by atoms with E-state index < -0.39 is 24.8 Å². The molecule has 18 heavy (non-hydrogen) atoms. The van der Waals surface area contributed by atoms with Gasteiger partial charge in [-0.2, -0.15) is 0 Å². The van der Waals surface area contributed by atoms with E-state index in [1.54, 1.807) is 6.92 Å². The van der Waals surface area contributed by atoms with Crippen LogP contribution in [0, 0.1) is 5.82 Å². The van der Waals surface area contributed by atoms with E-state index in [1.165, 1.54) is 12.1 Å². The first kappa shape index (κ1) is 14.7. The Hall–Kier alpha value is -1.34. The second-order valence-electron chi connectivity index (χ2n) is 3.61. The first-order chi connectivity index (χ1) is 8.29. The zero-order valence-corrected chi connectivity index (χ0v) is 9.63. The second-order valence-corrected chi connectivity index (χ2v) is 3.61. The molecule has 0 unspecified atom stereocenters. The summed E-state index contributed by atoms with van der Waals surface area (Å²) in [5.41, 5.74) is 6.14. The topological polar surface area (TPSA) is 44.5 Å². The van der Waals surface area contributed by atoms with E-state index in [9.17, 15) is 17.6 Å². The highest BCUT2D eigenvalue weighted by Crippen LogP contribution is 2.25. The van der Waals surface area contributed by atoms with E-state index in [2.05, 4.69) is 4.74 Å². The molecule has 0 saturated heterocycles. The van der Waals surface area contributed by atoms with Gasteiger partial charge >= 0.3 is 6.36 Å². The molecule has 102 valence electrons. The van der Waals surface area contributed by atoms with Gasteiger partial charge in [0.05, 0.1) is 6.61 Å². The maximum atomic E-state index is 13.0. The Balaban J connectivity index is 2.58. The zero-order valence-electron chi connectivity index (χ0n) is 9.63. The molecule has 7 heteroatoms. The minimum absolute atomic E-state index is 0.121. The lowest BCUT2D eigenvalue weighted by Gasteiger charge is -2.14. The molecule has 0 bridgehead atoms. The number of nitrogens with two attached hydrogens (primary N) is 1. The molecule has 0 radical (unpaired) electrons. The first-order valence-electron chi connectivity index (χ1n) is 5.18. The van der Waals surface area contributed by atoms with Crippen molar-refractivity contribution in [1.29, 1.82) is 0 Å². The predicted octanol–water partition coefficient (Wildman–Crippen LogP) is 2.76. The number of rotatable bonds is 5. The number of ether oxygens (including phenoxy) is 2. The van der Waals surface area contributed by atoms with Crippen LogP contribution in [0.4, 0.5) is 17.6 Å². The van der Waals surface area contributed by atoms with E-state index in [0.717, 1.165) is 6.07 Å². The van der Waals surface area contributed by atoms with Crippen LogP contribution in [-0.4, -0.2) is 19.6 Å². The van der Waals surface area contributed by atoms with Crippen LogP contribution < -0.4 is 10.5 Å². The van der Waals surface area contributed by atoms with Crippen LogP contribution in [0.15, 0.2) is 18.2 Å². The van der Waals surface area contributed by atoms with Crippen molar-refractivity contribution >= 4 is 0 Å². The van der Waals surface area contributed by atoms with Crippen molar-refractivity contribution in [1.82, 2.24) is 0 Å². The third-order valence-electron chi connectivity index (χ3n) is 2.07. The highest BCUT2D eigenvalue weighted by molar-refractivity contribution is 5.36. The molecule has 0 fully saturated rings. The van der Waals surface area contributed by atoms with Crippen molar-refractivity contribution < 1.29 is 27.0 Å². The van der Waals surface area contributed by atoms with E-state index in [4.69, 9.17) is 10.5 Å². The van der Waals surface area contributed by atoms with Crippen molar-refractivity contribution in [3.63, 3.8) is 0 Å². The maximum Gasteiger partial charge on any atom is 0.522 e. The maximum absolute atomic E-state index is 13.0. The molecule has 3 nitrogen and oxygen atoms in total. The van der Waals surface area contributed by atoms with Gasteiger partial charge in [-0.25, -0.2) is 4.39 Å². The minimum atomic E-state index is -4.70. The van der Waals surface area contributed by atoms with Crippen molar-refractivity contribution in [3.05, 3.63) is 29.6 Å². The standard InChI is InChI=1S/C11H13F4NO2/c1-7(16)9-3-2-8(12)6-10(9)17-4-5-18-11(13,14)15/h2-3,6-7H,4-5,16H2,1H3/t7-/m0/s1. The molecule has 0 amide bonds. The quantitative estimate of drug-likeness (QED) is 0.659. The van der Waals surface area contributed by atoms with Crippen molar-refractivity contribution in [3.8, 4) is 5.75 Å². The van der Waals surface area contributed by atoms with Gasteiger partial charge in [-0.15, -0.1) is 13.2 Å². The Morgan fingerprint density at radius 3 is 2.50 bits per heavy atom. The van der Waals surface area contributed by atoms with Crippen molar-refractivity contribution in [2.75, 3.05) is 13.2 Å². The molecule has 1 atom stereocenters. The Morgan fingerprint density at radius 1 is 1.28 bits per heavy atom. The van der Waals surface area contributed by atoms with Crippen LogP contribution in [0.25, 0.3) is 0 Å². The largest absolute Gasteiger partial charge is 0.522 e. The molecule has 1 aromatic rings. The molecule has 1 aromatic carbocycles. The molecule has 0 aromatic heterocycles. The van der Waals surface area contributed by atoms with Crippen LogP contribution in [0.5, 0.6) is 5.75 Å². The lowest BCUT2D eigenvalue weighted by molar-refractivity contribution is -0.325. The van der Waals surface area contributed by atoms with Crippen molar-refractivity contribution in [2.24, 2.45) is 5.73 Å². The SMILES string of the molecule is C[C@H](N)c1ccc(F)cc1OCCOC(F)(F)F. The van der Waals surface area contributed by atoms with Gasteiger partial charge in [-0.1, -0.05) is 6.07 Å². The molecule has 0 aliphatic rings. The molecule has 0 saturated carbocycles. The molecule has 0 heterocycles. The summed E-state index contributed by atoms with van der Waals surface area (Å²) in [4.78, 5) is 0. The lowest BCUT2D eigenvalue weighted by Crippen LogP contribution is -2.19. The zero-order chi connectivity index (χ0) is 13.8. The summed E-state index contributed by atoms with van der Waals surface area (Å²) in [7, 11) is 0. The highest BCUT2D eigenvalue weighted by Gasteiger charge is 2.28. The third-order valence-corrected chi connectivity index (χ3v) is 2.07. The number of hydrogen-bond acceptors (Lipinski definition) is 3. The number of hydrogen-bond donors (Lipinski definition) is 1. The number of benzene rings is 1. The van der Waals surface area contributed by atoms with Gasteiger partial charge in [-0.3, -0.25) is 4.74 Å². The third kappa shape index (κ3) is 4.89. The number of alkyl halides is 3. The van der Waals surface area contributed by atoms with Crippen molar-refractivity contribution in [2.45, 2.75) is 19.3 Å². The van der Waals surface area contributed by atoms with Gasteiger partial charge in [0.2, 0.25) is 0 Å². The summed E-state index contributed by atoms with van der Waals surface area (Å²) < 4.78 is 56.6. The molecule has 2 N–H and O–H groups in total. The minimum Gasteiger partial charge on any atom is -0.491 e. The fourth-order valence-electron chi connectivity index (χ4n) is 1.32. The fraction of sp³-hybridized carbons (Fsp3) is 0.455. The summed E-state index contributed by atoms with van der Waals surface area (Å²) in [6.45, 7) is 0.646. The van der Waals surface area contributed by atoms with Gasteiger partial charge in [0.15, 0.2) is 0 Å². The summed E-state index contributed by atoms with van der Waals surface area (Å²) >= 11 is 0. The average molecular weight is 267 g/mol. The van der Waals surface area contributed by atoms with E-state index in [-0.39, 0.29) is 12.4 Å². The van der Waals surface area contributed by atoms with Crippen LogP contribution >= 0.6 is 0 Å². The second kappa shape index (κ2) is 6.01.